The van der Waals surface area contributed by atoms with E-state index in [2.05, 4.69) is 5.32 Å². The zero-order valence-corrected chi connectivity index (χ0v) is 12.0. The van der Waals surface area contributed by atoms with Crippen LogP contribution < -0.4 is 5.32 Å². The minimum atomic E-state index is -3.99. The molecule has 1 rings (SSSR count). The molecule has 1 aliphatic carbocycles. The van der Waals surface area contributed by atoms with E-state index in [-0.39, 0.29) is 12.0 Å². The van der Waals surface area contributed by atoms with Gasteiger partial charge in [-0.1, -0.05) is 0 Å². The molecule has 1 saturated carbocycles. The number of rotatable bonds is 3. The van der Waals surface area contributed by atoms with Crippen LogP contribution in [0.4, 0.5) is 4.79 Å². The molecular formula is C11H21NO5S. The number of hydrogen-bond acceptors (Lipinski definition) is 4. The van der Waals surface area contributed by atoms with Crippen LogP contribution in [0.1, 0.15) is 40.5 Å². The van der Waals surface area contributed by atoms with Gasteiger partial charge in [0, 0.05) is 6.04 Å². The van der Waals surface area contributed by atoms with Gasteiger partial charge in [-0.15, -0.1) is 0 Å². The lowest BCUT2D eigenvalue weighted by molar-refractivity contribution is 0.0452. The normalized spacial score (nSPS) is 26.1. The minimum Gasteiger partial charge on any atom is -0.444 e. The summed E-state index contributed by atoms with van der Waals surface area (Å²) in [5.41, 5.74) is -0.547. The van der Waals surface area contributed by atoms with Crippen LogP contribution in [-0.2, 0) is 14.9 Å². The maximum absolute atomic E-state index is 11.4. The molecule has 1 amide bonds. The largest absolute Gasteiger partial charge is 0.444 e. The van der Waals surface area contributed by atoms with Gasteiger partial charge in [-0.05, 0) is 46.5 Å². The summed E-state index contributed by atoms with van der Waals surface area (Å²) >= 11 is 0. The quantitative estimate of drug-likeness (QED) is 0.765. The molecule has 18 heavy (non-hydrogen) atoms. The number of carbonyl (C=O) groups excluding carboxylic acids is 1. The van der Waals surface area contributed by atoms with Gasteiger partial charge in [0.2, 0.25) is 0 Å². The predicted octanol–water partition coefficient (Wildman–Crippen LogP) is 1.57. The van der Waals surface area contributed by atoms with Gasteiger partial charge in [-0.2, -0.15) is 8.42 Å². The Hall–Kier alpha value is -0.820. The Labute approximate surface area is 108 Å². The molecule has 1 atom stereocenters. The number of alkyl carbamates (subject to hydrolysis) is 1. The SMILES string of the molecule is CC(C1CC(NC(=O)OC(C)(C)C)C1)S(=O)(=O)O. The van der Waals surface area contributed by atoms with Crippen molar-refractivity contribution in [3.05, 3.63) is 0 Å². The molecule has 0 saturated heterocycles. The van der Waals surface area contributed by atoms with Gasteiger partial charge < -0.3 is 10.1 Å². The predicted molar refractivity (Wildman–Crippen MR) is 66.9 cm³/mol. The molecule has 0 aliphatic heterocycles. The fourth-order valence-corrected chi connectivity index (χ4v) is 2.59. The highest BCUT2D eigenvalue weighted by Crippen LogP contribution is 2.33. The van der Waals surface area contributed by atoms with Crippen molar-refractivity contribution in [2.24, 2.45) is 5.92 Å². The first kappa shape index (κ1) is 15.2. The molecule has 6 nitrogen and oxygen atoms in total. The van der Waals surface area contributed by atoms with Crippen molar-refractivity contribution in [2.45, 2.75) is 57.4 Å². The van der Waals surface area contributed by atoms with Crippen LogP contribution >= 0.6 is 0 Å². The first-order valence-corrected chi connectivity index (χ1v) is 7.45. The number of hydrogen-bond donors (Lipinski definition) is 2. The maximum atomic E-state index is 11.4. The fraction of sp³-hybridized carbons (Fsp3) is 0.909. The number of carbonyl (C=O) groups is 1. The van der Waals surface area contributed by atoms with E-state index in [9.17, 15) is 13.2 Å². The van der Waals surface area contributed by atoms with Gasteiger partial charge in [0.1, 0.15) is 5.60 Å². The van der Waals surface area contributed by atoms with Crippen LogP contribution in [0.5, 0.6) is 0 Å². The summed E-state index contributed by atoms with van der Waals surface area (Å²) in [6.45, 7) is 6.80. The van der Waals surface area contributed by atoms with E-state index in [1.807, 2.05) is 0 Å². The molecule has 0 spiro atoms. The lowest BCUT2D eigenvalue weighted by Gasteiger charge is -2.38. The van der Waals surface area contributed by atoms with Crippen molar-refractivity contribution in [1.29, 1.82) is 0 Å². The van der Waals surface area contributed by atoms with Crippen LogP contribution in [-0.4, -0.2) is 36.0 Å². The van der Waals surface area contributed by atoms with Gasteiger partial charge in [0.15, 0.2) is 0 Å². The van der Waals surface area contributed by atoms with Gasteiger partial charge in [0.05, 0.1) is 5.25 Å². The van der Waals surface area contributed by atoms with E-state index in [1.54, 1.807) is 20.8 Å². The lowest BCUT2D eigenvalue weighted by Crippen LogP contribution is -2.49. The summed E-state index contributed by atoms with van der Waals surface area (Å²) in [7, 11) is -3.99. The Morgan fingerprint density at radius 2 is 1.89 bits per heavy atom. The third kappa shape index (κ3) is 4.45. The Bertz CT molecular complexity index is 406. The van der Waals surface area contributed by atoms with E-state index in [4.69, 9.17) is 9.29 Å². The van der Waals surface area contributed by atoms with Crippen molar-refractivity contribution in [3.63, 3.8) is 0 Å². The monoisotopic (exact) mass is 279 g/mol. The second kappa shape index (κ2) is 5.05. The number of amides is 1. The minimum absolute atomic E-state index is 0.0750. The maximum Gasteiger partial charge on any atom is 0.407 e. The molecule has 7 heteroatoms. The van der Waals surface area contributed by atoms with Crippen molar-refractivity contribution in [1.82, 2.24) is 5.32 Å². The van der Waals surface area contributed by atoms with Crippen LogP contribution in [0.25, 0.3) is 0 Å². The number of ether oxygens (including phenoxy) is 1. The number of nitrogens with one attached hydrogen (secondary N) is 1. The zero-order valence-electron chi connectivity index (χ0n) is 11.1. The second-order valence-corrected chi connectivity index (χ2v) is 7.57. The molecule has 0 radical (unpaired) electrons. The molecule has 0 aromatic heterocycles. The highest BCUT2D eigenvalue weighted by molar-refractivity contribution is 7.86. The Morgan fingerprint density at radius 1 is 1.39 bits per heavy atom. The van der Waals surface area contributed by atoms with E-state index < -0.39 is 27.1 Å². The summed E-state index contributed by atoms with van der Waals surface area (Å²) in [4.78, 5) is 11.4. The Balaban J connectivity index is 2.34. The Kier molecular flexibility index (Phi) is 4.27. The van der Waals surface area contributed by atoms with Crippen molar-refractivity contribution in [3.8, 4) is 0 Å². The van der Waals surface area contributed by atoms with Crippen LogP contribution in [0, 0.1) is 5.92 Å². The van der Waals surface area contributed by atoms with E-state index in [0.717, 1.165) is 0 Å². The molecule has 0 bridgehead atoms. The fourth-order valence-electron chi connectivity index (χ4n) is 1.88. The van der Waals surface area contributed by atoms with Crippen molar-refractivity contribution in [2.75, 3.05) is 0 Å². The van der Waals surface area contributed by atoms with Gasteiger partial charge in [0.25, 0.3) is 10.1 Å². The van der Waals surface area contributed by atoms with E-state index in [1.165, 1.54) is 6.92 Å². The average molecular weight is 279 g/mol. The third-order valence-electron chi connectivity index (χ3n) is 3.03. The Morgan fingerprint density at radius 3 is 2.28 bits per heavy atom. The summed E-state index contributed by atoms with van der Waals surface area (Å²) in [6, 6.07) is -0.0750. The summed E-state index contributed by atoms with van der Waals surface area (Å²) < 4.78 is 35.8. The second-order valence-electron chi connectivity index (χ2n) is 5.79. The first-order chi connectivity index (χ1) is 7.99. The molecule has 2 N–H and O–H groups in total. The van der Waals surface area contributed by atoms with Gasteiger partial charge >= 0.3 is 6.09 Å². The topological polar surface area (TPSA) is 92.7 Å². The molecule has 1 unspecified atom stereocenters. The molecular weight excluding hydrogens is 258 g/mol. The molecule has 0 aromatic rings. The molecule has 1 aliphatic rings. The summed E-state index contributed by atoms with van der Waals surface area (Å²) in [6.07, 6.45) is 0.589. The zero-order chi connectivity index (χ0) is 14.1. The van der Waals surface area contributed by atoms with Crippen molar-refractivity contribution >= 4 is 16.2 Å². The van der Waals surface area contributed by atoms with Crippen LogP contribution in [0.2, 0.25) is 0 Å². The first-order valence-electron chi connectivity index (χ1n) is 5.95. The third-order valence-corrected chi connectivity index (χ3v) is 4.35. The molecule has 1 fully saturated rings. The van der Waals surface area contributed by atoms with E-state index >= 15 is 0 Å². The summed E-state index contributed by atoms with van der Waals surface area (Å²) in [5.74, 6) is -0.111. The van der Waals surface area contributed by atoms with Gasteiger partial charge in [-0.25, -0.2) is 4.79 Å². The lowest BCUT2D eigenvalue weighted by atomic mass is 9.78. The van der Waals surface area contributed by atoms with Crippen LogP contribution in [0.3, 0.4) is 0 Å². The molecule has 106 valence electrons. The smallest absolute Gasteiger partial charge is 0.407 e. The average Bonchev–Trinajstić information content (AvgIpc) is 2.04. The van der Waals surface area contributed by atoms with Crippen LogP contribution in [0.15, 0.2) is 0 Å². The van der Waals surface area contributed by atoms with Crippen molar-refractivity contribution < 1.29 is 22.5 Å². The summed E-state index contributed by atoms with van der Waals surface area (Å²) in [5, 5.41) is 1.89. The van der Waals surface area contributed by atoms with Gasteiger partial charge in [-0.3, -0.25) is 4.55 Å². The standard InChI is InChI=1S/C11H21NO5S/c1-7(18(14,15)16)8-5-9(6-8)12-10(13)17-11(2,3)4/h7-9H,5-6H2,1-4H3,(H,12,13)(H,14,15,16). The molecule has 0 heterocycles. The van der Waals surface area contributed by atoms with E-state index in [0.29, 0.717) is 12.8 Å². The molecule has 0 aromatic carbocycles. The highest BCUT2D eigenvalue weighted by atomic mass is 32.2. The highest BCUT2D eigenvalue weighted by Gasteiger charge is 2.39.